The topological polar surface area (TPSA) is 9.23 Å². The van der Waals surface area contributed by atoms with E-state index in [9.17, 15) is 0 Å². The molecule has 0 aliphatic carbocycles. The first kappa shape index (κ1) is 13.4. The Bertz CT molecular complexity index is 421. The molecule has 0 radical (unpaired) electrons. The van der Waals surface area contributed by atoms with Crippen molar-refractivity contribution in [1.82, 2.24) is 0 Å². The van der Waals surface area contributed by atoms with Gasteiger partial charge in [-0.05, 0) is 36.6 Å². The van der Waals surface area contributed by atoms with Crippen LogP contribution in [0, 0.1) is 0 Å². The van der Waals surface area contributed by atoms with E-state index in [0.29, 0.717) is 0 Å². The molecule has 2 heteroatoms. The Morgan fingerprint density at radius 2 is 2.00 bits per heavy atom. The Morgan fingerprint density at radius 1 is 1.33 bits per heavy atom. The lowest BCUT2D eigenvalue weighted by atomic mass is 10.00. The minimum atomic E-state index is -1.01. The van der Waals surface area contributed by atoms with Crippen LogP contribution in [-0.4, -0.2) is 13.7 Å². The summed E-state index contributed by atoms with van der Waals surface area (Å²) in [6.07, 6.45) is 4.21. The SMILES string of the molecule is C=Cc1ccc(OC2(CC)CC[Si](C)(C)C2)cc1. The molecule has 1 heterocycles. The van der Waals surface area contributed by atoms with E-state index in [0.717, 1.165) is 17.7 Å². The number of hydrogen-bond donors (Lipinski definition) is 0. The third-order valence-corrected chi connectivity index (χ3v) is 7.36. The highest BCUT2D eigenvalue weighted by atomic mass is 28.3. The molecule has 0 amide bonds. The number of hydrogen-bond acceptors (Lipinski definition) is 1. The summed E-state index contributed by atoms with van der Waals surface area (Å²) in [5, 5.41) is 0. The summed E-state index contributed by atoms with van der Waals surface area (Å²) in [6, 6.07) is 11.0. The van der Waals surface area contributed by atoms with Gasteiger partial charge >= 0.3 is 0 Å². The molecule has 98 valence electrons. The normalized spacial score (nSPS) is 25.9. The van der Waals surface area contributed by atoms with Crippen LogP contribution in [0.2, 0.25) is 25.2 Å². The maximum absolute atomic E-state index is 6.35. The molecule has 0 bridgehead atoms. The van der Waals surface area contributed by atoms with E-state index < -0.39 is 8.07 Å². The molecule has 2 rings (SSSR count). The molecule has 1 aliphatic rings. The minimum absolute atomic E-state index is 0.103. The van der Waals surface area contributed by atoms with Gasteiger partial charge in [0.05, 0.1) is 8.07 Å². The average Bonchev–Trinajstić information content (AvgIpc) is 2.67. The van der Waals surface area contributed by atoms with Crippen molar-refractivity contribution in [1.29, 1.82) is 0 Å². The van der Waals surface area contributed by atoms with Gasteiger partial charge in [-0.2, -0.15) is 0 Å². The van der Waals surface area contributed by atoms with Gasteiger partial charge in [0.1, 0.15) is 11.4 Å². The predicted octanol–water partition coefficient (Wildman–Crippen LogP) is 4.97. The van der Waals surface area contributed by atoms with E-state index in [-0.39, 0.29) is 5.60 Å². The number of ether oxygens (including phenoxy) is 1. The Balaban J connectivity index is 2.13. The van der Waals surface area contributed by atoms with Crippen molar-refractivity contribution in [3.63, 3.8) is 0 Å². The van der Waals surface area contributed by atoms with Crippen LogP contribution in [-0.2, 0) is 0 Å². The maximum Gasteiger partial charge on any atom is 0.120 e. The van der Waals surface area contributed by atoms with E-state index in [2.05, 4.69) is 50.9 Å². The van der Waals surface area contributed by atoms with E-state index in [1.54, 1.807) is 0 Å². The molecular weight excluding hydrogens is 236 g/mol. The van der Waals surface area contributed by atoms with Crippen molar-refractivity contribution in [2.75, 3.05) is 0 Å². The smallest absolute Gasteiger partial charge is 0.120 e. The third kappa shape index (κ3) is 2.86. The predicted molar refractivity (Wildman–Crippen MR) is 81.9 cm³/mol. The fourth-order valence-electron chi connectivity index (χ4n) is 3.00. The highest BCUT2D eigenvalue weighted by Gasteiger charge is 2.44. The van der Waals surface area contributed by atoms with E-state index >= 15 is 0 Å². The third-order valence-electron chi connectivity index (χ3n) is 4.15. The van der Waals surface area contributed by atoms with Crippen LogP contribution in [0.25, 0.3) is 6.08 Å². The molecule has 18 heavy (non-hydrogen) atoms. The average molecular weight is 260 g/mol. The zero-order chi connectivity index (χ0) is 13.2. The summed E-state index contributed by atoms with van der Waals surface area (Å²) in [5.74, 6) is 1.01. The summed E-state index contributed by atoms with van der Waals surface area (Å²) in [7, 11) is -1.01. The van der Waals surface area contributed by atoms with Crippen LogP contribution >= 0.6 is 0 Å². The number of rotatable bonds is 4. The van der Waals surface area contributed by atoms with Crippen molar-refractivity contribution in [3.8, 4) is 5.75 Å². The zero-order valence-corrected chi connectivity index (χ0v) is 12.8. The summed E-state index contributed by atoms with van der Waals surface area (Å²) >= 11 is 0. The highest BCUT2D eigenvalue weighted by Crippen LogP contribution is 2.43. The molecular formula is C16H24OSi. The van der Waals surface area contributed by atoms with Gasteiger partial charge in [-0.3, -0.25) is 0 Å². The van der Waals surface area contributed by atoms with Gasteiger partial charge in [0.25, 0.3) is 0 Å². The van der Waals surface area contributed by atoms with Crippen molar-refractivity contribution in [3.05, 3.63) is 36.4 Å². The lowest BCUT2D eigenvalue weighted by molar-refractivity contribution is 0.0884. The largest absolute Gasteiger partial charge is 0.488 e. The van der Waals surface area contributed by atoms with Crippen LogP contribution in [0.3, 0.4) is 0 Å². The Kier molecular flexibility index (Phi) is 3.67. The van der Waals surface area contributed by atoms with Crippen LogP contribution in [0.15, 0.2) is 30.8 Å². The molecule has 0 spiro atoms. The van der Waals surface area contributed by atoms with Crippen molar-refractivity contribution in [2.45, 2.75) is 50.5 Å². The maximum atomic E-state index is 6.35. The Hall–Kier alpha value is -1.02. The summed E-state index contributed by atoms with van der Waals surface area (Å²) in [6.45, 7) is 11.0. The number of benzene rings is 1. The van der Waals surface area contributed by atoms with Gasteiger partial charge in [0.2, 0.25) is 0 Å². The second-order valence-corrected chi connectivity index (χ2v) is 11.4. The van der Waals surface area contributed by atoms with Crippen LogP contribution in [0.5, 0.6) is 5.75 Å². The summed E-state index contributed by atoms with van der Waals surface area (Å²) < 4.78 is 6.35. The molecule has 0 saturated carbocycles. The van der Waals surface area contributed by atoms with E-state index in [1.165, 1.54) is 18.5 Å². The standard InChI is InChI=1S/C16H24OSi/c1-5-14-7-9-15(10-8-14)17-16(6-2)11-12-18(3,4)13-16/h5,7-10H,1,6,11-13H2,2-4H3. The summed E-state index contributed by atoms with van der Waals surface area (Å²) in [4.78, 5) is 0. The Morgan fingerprint density at radius 3 is 2.44 bits per heavy atom. The molecule has 1 aromatic carbocycles. The highest BCUT2D eigenvalue weighted by molar-refractivity contribution is 6.78. The molecule has 1 atom stereocenters. The fraction of sp³-hybridized carbons (Fsp3) is 0.500. The van der Waals surface area contributed by atoms with Crippen molar-refractivity contribution < 1.29 is 4.74 Å². The van der Waals surface area contributed by atoms with Crippen LogP contribution in [0.1, 0.15) is 25.3 Å². The molecule has 1 unspecified atom stereocenters. The first-order valence-electron chi connectivity index (χ1n) is 6.90. The van der Waals surface area contributed by atoms with Gasteiger partial charge in [0.15, 0.2) is 0 Å². The second-order valence-electron chi connectivity index (χ2n) is 6.25. The zero-order valence-electron chi connectivity index (χ0n) is 11.8. The molecule has 0 N–H and O–H groups in total. The molecule has 1 saturated heterocycles. The van der Waals surface area contributed by atoms with Gasteiger partial charge in [-0.25, -0.2) is 0 Å². The first-order chi connectivity index (χ1) is 8.49. The van der Waals surface area contributed by atoms with Gasteiger partial charge in [0, 0.05) is 0 Å². The monoisotopic (exact) mass is 260 g/mol. The summed E-state index contributed by atoms with van der Waals surface area (Å²) in [5.41, 5.74) is 1.25. The van der Waals surface area contributed by atoms with Crippen LogP contribution < -0.4 is 4.74 Å². The second kappa shape index (κ2) is 4.92. The van der Waals surface area contributed by atoms with Gasteiger partial charge in [-0.15, -0.1) is 0 Å². The lowest BCUT2D eigenvalue weighted by Crippen LogP contribution is -2.35. The lowest BCUT2D eigenvalue weighted by Gasteiger charge is -2.31. The minimum Gasteiger partial charge on any atom is -0.488 e. The van der Waals surface area contributed by atoms with E-state index in [4.69, 9.17) is 4.74 Å². The molecule has 1 nitrogen and oxygen atoms in total. The first-order valence-corrected chi connectivity index (χ1v) is 10.3. The molecule has 1 aliphatic heterocycles. The molecule has 0 aromatic heterocycles. The fourth-order valence-corrected chi connectivity index (χ4v) is 6.55. The van der Waals surface area contributed by atoms with Crippen molar-refractivity contribution in [2.24, 2.45) is 0 Å². The van der Waals surface area contributed by atoms with E-state index in [1.807, 2.05) is 6.08 Å². The van der Waals surface area contributed by atoms with Gasteiger partial charge in [-0.1, -0.05) is 50.8 Å². The molecule has 1 fully saturated rings. The quantitative estimate of drug-likeness (QED) is 0.695. The Labute approximate surface area is 112 Å². The van der Waals surface area contributed by atoms with Crippen LogP contribution in [0.4, 0.5) is 0 Å². The molecule has 1 aromatic rings. The van der Waals surface area contributed by atoms with Crippen molar-refractivity contribution >= 4 is 14.1 Å². The van der Waals surface area contributed by atoms with Gasteiger partial charge < -0.3 is 4.74 Å².